The first kappa shape index (κ1) is 19.7. The van der Waals surface area contributed by atoms with Gasteiger partial charge in [0, 0.05) is 35.6 Å². The second-order valence-electron chi connectivity index (χ2n) is 7.10. The maximum absolute atomic E-state index is 13.2. The average molecular weight is 407 g/mol. The van der Waals surface area contributed by atoms with Crippen molar-refractivity contribution in [1.82, 2.24) is 9.88 Å². The Bertz CT molecular complexity index is 1140. The third-order valence-corrected chi connectivity index (χ3v) is 5.13. The van der Waals surface area contributed by atoms with Crippen LogP contribution in [0.4, 0.5) is 10.1 Å². The van der Waals surface area contributed by atoms with Gasteiger partial charge < -0.3 is 20.1 Å². The zero-order valence-electron chi connectivity index (χ0n) is 16.8. The number of aromatic hydroxyl groups is 1. The SMILES string of the molecule is CCNc1c2c(c(O)c3ncc(Cc4ccc(F)cc4)cc13)C(=O)N(/C=C/OC)C2. The smallest absolute Gasteiger partial charge is 0.262 e. The number of phenolic OH excluding ortho intramolecular Hbond substituents is 1. The summed E-state index contributed by atoms with van der Waals surface area (Å²) in [5, 5.41) is 14.9. The molecule has 0 fully saturated rings. The summed E-state index contributed by atoms with van der Waals surface area (Å²) in [5.41, 5.74) is 4.03. The fraction of sp³-hybridized carbons (Fsp3) is 0.217. The van der Waals surface area contributed by atoms with E-state index < -0.39 is 0 Å². The number of halogens is 1. The van der Waals surface area contributed by atoms with Crippen LogP contribution in [0.5, 0.6) is 5.75 Å². The molecular weight excluding hydrogens is 385 g/mol. The Morgan fingerprint density at radius 2 is 2.07 bits per heavy atom. The van der Waals surface area contributed by atoms with Gasteiger partial charge >= 0.3 is 0 Å². The molecule has 1 aliphatic heterocycles. The predicted octanol–water partition coefficient (Wildman–Crippen LogP) is 4.18. The van der Waals surface area contributed by atoms with Crippen molar-refractivity contribution in [3.8, 4) is 5.75 Å². The number of nitrogens with zero attached hydrogens (tertiary/aromatic N) is 2. The molecule has 0 radical (unpaired) electrons. The van der Waals surface area contributed by atoms with Gasteiger partial charge in [0.2, 0.25) is 0 Å². The zero-order chi connectivity index (χ0) is 21.3. The predicted molar refractivity (Wildman–Crippen MR) is 113 cm³/mol. The highest BCUT2D eigenvalue weighted by Gasteiger charge is 2.34. The summed E-state index contributed by atoms with van der Waals surface area (Å²) in [6, 6.07) is 8.30. The van der Waals surface area contributed by atoms with Gasteiger partial charge in [-0.3, -0.25) is 9.78 Å². The van der Waals surface area contributed by atoms with E-state index in [1.165, 1.54) is 30.4 Å². The maximum Gasteiger partial charge on any atom is 0.262 e. The first-order valence-corrected chi connectivity index (χ1v) is 9.68. The standard InChI is InChI=1S/C23H22FN3O3/c1-3-25-20-17-11-15(10-14-4-6-16(24)7-5-14)12-26-21(17)22(28)19-18(20)13-27(23(19)29)8-9-30-2/h4-9,11-12,25,28H,3,10,13H2,1-2H3/b9-8+. The van der Waals surface area contributed by atoms with E-state index in [0.29, 0.717) is 25.0 Å². The van der Waals surface area contributed by atoms with Gasteiger partial charge in [-0.2, -0.15) is 0 Å². The van der Waals surface area contributed by atoms with Crippen LogP contribution in [0.1, 0.15) is 34.0 Å². The Kier molecular flexibility index (Phi) is 5.27. The Balaban J connectivity index is 1.82. The van der Waals surface area contributed by atoms with Crippen LogP contribution in [0.2, 0.25) is 0 Å². The molecule has 1 aromatic heterocycles. The molecule has 0 spiro atoms. The van der Waals surface area contributed by atoms with E-state index in [1.807, 2.05) is 13.0 Å². The third kappa shape index (κ3) is 3.43. The number of methoxy groups -OCH3 is 1. The molecular formula is C23H22FN3O3. The second-order valence-corrected chi connectivity index (χ2v) is 7.10. The third-order valence-electron chi connectivity index (χ3n) is 5.13. The lowest BCUT2D eigenvalue weighted by Gasteiger charge is -2.15. The lowest BCUT2D eigenvalue weighted by molar-refractivity contribution is 0.0836. The molecule has 1 aliphatic rings. The molecule has 30 heavy (non-hydrogen) atoms. The zero-order valence-corrected chi connectivity index (χ0v) is 16.8. The van der Waals surface area contributed by atoms with E-state index in [2.05, 4.69) is 10.3 Å². The molecule has 0 bridgehead atoms. The topological polar surface area (TPSA) is 74.7 Å². The Morgan fingerprint density at radius 1 is 1.30 bits per heavy atom. The van der Waals surface area contributed by atoms with E-state index in [1.54, 1.807) is 24.5 Å². The molecule has 1 amide bonds. The van der Waals surface area contributed by atoms with Crippen molar-refractivity contribution in [3.63, 3.8) is 0 Å². The van der Waals surface area contributed by atoms with Crippen molar-refractivity contribution in [1.29, 1.82) is 0 Å². The highest BCUT2D eigenvalue weighted by Crippen LogP contribution is 2.42. The van der Waals surface area contributed by atoms with Gasteiger partial charge in [0.15, 0.2) is 5.75 Å². The average Bonchev–Trinajstić information content (AvgIpc) is 3.07. The number of nitrogens with one attached hydrogen (secondary N) is 1. The summed E-state index contributed by atoms with van der Waals surface area (Å²) < 4.78 is 18.1. The lowest BCUT2D eigenvalue weighted by atomic mass is 9.98. The Labute approximate surface area is 173 Å². The van der Waals surface area contributed by atoms with Crippen LogP contribution in [0.3, 0.4) is 0 Å². The van der Waals surface area contributed by atoms with Gasteiger partial charge in [0.25, 0.3) is 5.91 Å². The number of phenols is 1. The molecule has 0 unspecified atom stereocenters. The largest absolute Gasteiger partial charge is 0.505 e. The van der Waals surface area contributed by atoms with Gasteiger partial charge in [-0.1, -0.05) is 12.1 Å². The molecule has 7 heteroatoms. The summed E-state index contributed by atoms with van der Waals surface area (Å²) >= 11 is 0. The highest BCUT2D eigenvalue weighted by atomic mass is 19.1. The number of hydrogen-bond acceptors (Lipinski definition) is 5. The van der Waals surface area contributed by atoms with Gasteiger partial charge in [-0.25, -0.2) is 4.39 Å². The molecule has 3 aromatic rings. The van der Waals surface area contributed by atoms with Crippen molar-refractivity contribution in [2.45, 2.75) is 19.9 Å². The molecule has 0 saturated carbocycles. The minimum atomic E-state index is -0.297. The van der Waals surface area contributed by atoms with Crippen LogP contribution < -0.4 is 5.32 Å². The highest BCUT2D eigenvalue weighted by molar-refractivity contribution is 6.11. The monoisotopic (exact) mass is 407 g/mol. The number of rotatable bonds is 6. The van der Waals surface area contributed by atoms with Crippen molar-refractivity contribution >= 4 is 22.5 Å². The molecule has 2 aromatic carbocycles. The van der Waals surface area contributed by atoms with E-state index >= 15 is 0 Å². The normalized spacial score (nSPS) is 13.3. The van der Waals surface area contributed by atoms with Gasteiger partial charge in [-0.15, -0.1) is 0 Å². The minimum Gasteiger partial charge on any atom is -0.505 e. The fourth-order valence-electron chi connectivity index (χ4n) is 3.78. The molecule has 2 N–H and O–H groups in total. The van der Waals surface area contributed by atoms with Gasteiger partial charge in [0.05, 0.1) is 25.5 Å². The summed E-state index contributed by atoms with van der Waals surface area (Å²) in [7, 11) is 1.51. The number of carbonyl (C=O) groups excluding carboxylic acids is 1. The Hall–Kier alpha value is -3.61. The number of benzene rings is 2. The fourth-order valence-corrected chi connectivity index (χ4v) is 3.78. The molecule has 0 aliphatic carbocycles. The van der Waals surface area contributed by atoms with Crippen LogP contribution in [0.25, 0.3) is 10.9 Å². The van der Waals surface area contributed by atoms with Gasteiger partial charge in [-0.05, 0) is 42.7 Å². The van der Waals surface area contributed by atoms with E-state index in [4.69, 9.17) is 4.74 Å². The molecule has 6 nitrogen and oxygen atoms in total. The van der Waals surface area contributed by atoms with Crippen LogP contribution >= 0.6 is 0 Å². The maximum atomic E-state index is 13.2. The van der Waals surface area contributed by atoms with Gasteiger partial charge in [0.1, 0.15) is 11.3 Å². The van der Waals surface area contributed by atoms with Crippen molar-refractivity contribution in [2.75, 3.05) is 19.0 Å². The molecule has 2 heterocycles. The van der Waals surface area contributed by atoms with Crippen molar-refractivity contribution in [2.24, 2.45) is 0 Å². The molecule has 0 atom stereocenters. The van der Waals surface area contributed by atoms with Crippen LogP contribution in [-0.4, -0.2) is 34.6 Å². The van der Waals surface area contributed by atoms with Crippen LogP contribution in [0, 0.1) is 5.82 Å². The first-order chi connectivity index (χ1) is 14.5. The number of amides is 1. The lowest BCUT2D eigenvalue weighted by Crippen LogP contribution is -2.16. The molecule has 154 valence electrons. The summed E-state index contributed by atoms with van der Waals surface area (Å²) in [6.07, 6.45) is 5.23. The molecule has 0 saturated heterocycles. The quantitative estimate of drug-likeness (QED) is 0.474. The number of carbonyl (C=O) groups is 1. The first-order valence-electron chi connectivity index (χ1n) is 9.68. The van der Waals surface area contributed by atoms with Crippen LogP contribution in [-0.2, 0) is 17.7 Å². The summed E-state index contributed by atoms with van der Waals surface area (Å²) in [4.78, 5) is 18.8. The number of fused-ring (bicyclic) bond motifs is 2. The number of anilines is 1. The second kappa shape index (κ2) is 8.02. The van der Waals surface area contributed by atoms with E-state index in [-0.39, 0.29) is 23.0 Å². The number of hydrogen-bond donors (Lipinski definition) is 2. The number of aromatic nitrogens is 1. The van der Waals surface area contributed by atoms with Crippen LogP contribution in [0.15, 0.2) is 49.0 Å². The van der Waals surface area contributed by atoms with Crippen molar-refractivity contribution < 1.29 is 19.0 Å². The van der Waals surface area contributed by atoms with E-state index in [0.717, 1.165) is 27.8 Å². The number of pyridine rings is 1. The summed E-state index contributed by atoms with van der Waals surface area (Å²) in [5.74, 6) is -0.690. The minimum absolute atomic E-state index is 0.117. The number of ether oxygens (including phenoxy) is 1. The van der Waals surface area contributed by atoms with Crippen molar-refractivity contribution in [3.05, 3.63) is 77.1 Å². The summed E-state index contributed by atoms with van der Waals surface area (Å²) in [6.45, 7) is 2.94. The Morgan fingerprint density at radius 3 is 2.77 bits per heavy atom. The van der Waals surface area contributed by atoms with E-state index in [9.17, 15) is 14.3 Å². The molecule has 4 rings (SSSR count).